The number of thiazole rings is 1. The maximum Gasteiger partial charge on any atom is 0.278 e. The Bertz CT molecular complexity index is 692. The molecule has 6 heteroatoms. The Kier molecular flexibility index (Phi) is 5.36. The molecule has 0 atom stereocenters. The summed E-state index contributed by atoms with van der Waals surface area (Å²) >= 11 is 1.28. The Morgan fingerprint density at radius 2 is 2.13 bits per heavy atom. The third-order valence-electron chi connectivity index (χ3n) is 3.24. The van der Waals surface area contributed by atoms with Crippen LogP contribution in [-0.4, -0.2) is 10.8 Å². The number of ketones is 1. The van der Waals surface area contributed by atoms with Crippen LogP contribution >= 0.6 is 11.3 Å². The highest BCUT2D eigenvalue weighted by atomic mass is 32.1. The van der Waals surface area contributed by atoms with Gasteiger partial charge < -0.3 is 10.5 Å². The van der Waals surface area contributed by atoms with Gasteiger partial charge in [0, 0.05) is 24.3 Å². The van der Waals surface area contributed by atoms with E-state index in [0.29, 0.717) is 29.5 Å². The summed E-state index contributed by atoms with van der Waals surface area (Å²) in [5, 5.41) is 2.17. The monoisotopic (exact) mass is 336 g/mol. The van der Waals surface area contributed by atoms with E-state index in [9.17, 15) is 9.18 Å². The lowest BCUT2D eigenvalue weighted by atomic mass is 9.89. The van der Waals surface area contributed by atoms with Gasteiger partial charge in [0.2, 0.25) is 0 Å². The molecule has 0 fully saturated rings. The number of anilines is 1. The molecule has 4 nitrogen and oxygen atoms in total. The van der Waals surface area contributed by atoms with Crippen LogP contribution in [0.3, 0.4) is 0 Å². The minimum atomic E-state index is -0.531. The number of aromatic nitrogens is 1. The first-order valence-electron chi connectivity index (χ1n) is 7.42. The predicted molar refractivity (Wildman–Crippen MR) is 90.4 cm³/mol. The summed E-state index contributed by atoms with van der Waals surface area (Å²) in [5.74, 6) is -0.0383. The van der Waals surface area contributed by atoms with E-state index in [-0.39, 0.29) is 16.9 Å². The van der Waals surface area contributed by atoms with Gasteiger partial charge in [0.25, 0.3) is 5.19 Å². The maximum absolute atomic E-state index is 13.4. The van der Waals surface area contributed by atoms with Crippen LogP contribution in [0.5, 0.6) is 10.9 Å². The van der Waals surface area contributed by atoms with Crippen molar-refractivity contribution < 1.29 is 13.9 Å². The highest BCUT2D eigenvalue weighted by molar-refractivity contribution is 7.11. The molecular weight excluding hydrogens is 315 g/mol. The third kappa shape index (κ3) is 5.63. The summed E-state index contributed by atoms with van der Waals surface area (Å²) in [4.78, 5) is 16.2. The number of halogens is 1. The first-order chi connectivity index (χ1) is 10.7. The average molecular weight is 336 g/mol. The van der Waals surface area contributed by atoms with Gasteiger partial charge in [-0.2, -0.15) is 0 Å². The van der Waals surface area contributed by atoms with Crippen molar-refractivity contribution in [1.29, 1.82) is 0 Å². The van der Waals surface area contributed by atoms with Crippen molar-refractivity contribution in [2.75, 3.05) is 5.73 Å². The normalized spacial score (nSPS) is 11.5. The second kappa shape index (κ2) is 7.08. The van der Waals surface area contributed by atoms with E-state index < -0.39 is 5.82 Å². The van der Waals surface area contributed by atoms with Gasteiger partial charge >= 0.3 is 0 Å². The topological polar surface area (TPSA) is 65.2 Å². The summed E-state index contributed by atoms with van der Waals surface area (Å²) in [6.07, 6.45) is 1.69. The number of benzene rings is 1. The van der Waals surface area contributed by atoms with E-state index in [4.69, 9.17) is 10.5 Å². The fourth-order valence-electron chi connectivity index (χ4n) is 1.89. The summed E-state index contributed by atoms with van der Waals surface area (Å²) in [6.45, 7) is 6.34. The van der Waals surface area contributed by atoms with Gasteiger partial charge in [0.05, 0.1) is 11.4 Å². The molecule has 2 N–H and O–H groups in total. The molecule has 0 spiro atoms. The number of hydrogen-bond acceptors (Lipinski definition) is 5. The van der Waals surface area contributed by atoms with Gasteiger partial charge in [-0.05, 0) is 24.0 Å². The van der Waals surface area contributed by atoms with E-state index >= 15 is 0 Å². The lowest BCUT2D eigenvalue weighted by Crippen LogP contribution is -2.10. The molecule has 0 aliphatic heterocycles. The molecule has 124 valence electrons. The van der Waals surface area contributed by atoms with Crippen LogP contribution in [0.2, 0.25) is 0 Å². The first kappa shape index (κ1) is 17.4. The standard InChI is InChI=1S/C17H21FN2O2S/c1-17(2,3)7-6-12(21)8-11-10-23-16(20-11)22-13-4-5-15(19)14(18)9-13/h4-5,9-10H,6-8,19H2,1-3H3. The Hall–Kier alpha value is -1.95. The minimum Gasteiger partial charge on any atom is -0.431 e. The number of hydrogen-bond donors (Lipinski definition) is 1. The number of Topliss-reactive ketones (excluding diaryl/α,β-unsaturated/α-hetero) is 1. The van der Waals surface area contributed by atoms with E-state index in [1.807, 2.05) is 0 Å². The molecule has 2 aromatic rings. The van der Waals surface area contributed by atoms with Crippen LogP contribution < -0.4 is 10.5 Å². The van der Waals surface area contributed by atoms with Gasteiger partial charge in [-0.25, -0.2) is 9.37 Å². The number of rotatable bonds is 6. The quantitative estimate of drug-likeness (QED) is 0.783. The van der Waals surface area contributed by atoms with Crippen molar-refractivity contribution >= 4 is 22.8 Å². The molecule has 1 heterocycles. The number of carbonyl (C=O) groups excluding carboxylic acids is 1. The Morgan fingerprint density at radius 3 is 2.78 bits per heavy atom. The van der Waals surface area contributed by atoms with Gasteiger partial charge in [0.15, 0.2) is 0 Å². The van der Waals surface area contributed by atoms with Gasteiger partial charge in [0.1, 0.15) is 17.3 Å². The van der Waals surface area contributed by atoms with Crippen molar-refractivity contribution in [2.45, 2.75) is 40.0 Å². The lowest BCUT2D eigenvalue weighted by molar-refractivity contribution is -0.119. The number of ether oxygens (including phenoxy) is 1. The molecular formula is C17H21FN2O2S. The Balaban J connectivity index is 1.92. The van der Waals surface area contributed by atoms with E-state index in [0.717, 1.165) is 6.42 Å². The van der Waals surface area contributed by atoms with Crippen LogP contribution in [-0.2, 0) is 11.2 Å². The highest BCUT2D eigenvalue weighted by Crippen LogP contribution is 2.28. The van der Waals surface area contributed by atoms with Gasteiger partial charge in [-0.15, -0.1) is 0 Å². The molecule has 1 aromatic heterocycles. The van der Waals surface area contributed by atoms with Crippen molar-refractivity contribution in [3.8, 4) is 10.9 Å². The molecule has 0 aliphatic carbocycles. The van der Waals surface area contributed by atoms with Crippen molar-refractivity contribution in [1.82, 2.24) is 4.98 Å². The molecule has 0 amide bonds. The average Bonchev–Trinajstić information content (AvgIpc) is 2.87. The minimum absolute atomic E-state index is 0.0709. The largest absolute Gasteiger partial charge is 0.431 e. The molecule has 0 saturated heterocycles. The molecule has 0 aliphatic rings. The first-order valence-corrected chi connectivity index (χ1v) is 8.30. The molecule has 0 saturated carbocycles. The predicted octanol–water partition coefficient (Wildman–Crippen LogP) is 4.59. The summed E-state index contributed by atoms with van der Waals surface area (Å²) < 4.78 is 18.9. The maximum atomic E-state index is 13.4. The SMILES string of the molecule is CC(C)(C)CCC(=O)Cc1csc(Oc2ccc(N)c(F)c2)n1. The smallest absolute Gasteiger partial charge is 0.278 e. The number of nitrogens with zero attached hydrogens (tertiary/aromatic N) is 1. The zero-order valence-electron chi connectivity index (χ0n) is 13.6. The number of carbonyl (C=O) groups is 1. The van der Waals surface area contributed by atoms with Gasteiger partial charge in [-0.1, -0.05) is 32.1 Å². The van der Waals surface area contributed by atoms with E-state index in [2.05, 4.69) is 25.8 Å². The van der Waals surface area contributed by atoms with Crippen LogP contribution in [0.4, 0.5) is 10.1 Å². The lowest BCUT2D eigenvalue weighted by Gasteiger charge is -2.16. The van der Waals surface area contributed by atoms with Crippen LogP contribution in [0, 0.1) is 11.2 Å². The zero-order valence-corrected chi connectivity index (χ0v) is 14.4. The Morgan fingerprint density at radius 1 is 1.39 bits per heavy atom. The van der Waals surface area contributed by atoms with Crippen molar-refractivity contribution in [2.24, 2.45) is 5.41 Å². The van der Waals surface area contributed by atoms with Crippen LogP contribution in [0.1, 0.15) is 39.3 Å². The molecule has 1 aromatic carbocycles. The number of nitrogen functional groups attached to an aromatic ring is 1. The fraction of sp³-hybridized carbons (Fsp3) is 0.412. The third-order valence-corrected chi connectivity index (χ3v) is 4.01. The molecule has 0 bridgehead atoms. The van der Waals surface area contributed by atoms with Crippen molar-refractivity contribution in [3.63, 3.8) is 0 Å². The molecule has 23 heavy (non-hydrogen) atoms. The second-order valence-corrected chi connectivity index (χ2v) is 7.49. The van der Waals surface area contributed by atoms with Crippen LogP contribution in [0.25, 0.3) is 0 Å². The second-order valence-electron chi connectivity index (χ2n) is 6.67. The highest BCUT2D eigenvalue weighted by Gasteiger charge is 2.15. The summed E-state index contributed by atoms with van der Waals surface area (Å²) in [6, 6.07) is 4.23. The molecule has 0 radical (unpaired) electrons. The fourth-order valence-corrected chi connectivity index (χ4v) is 2.58. The molecule has 0 unspecified atom stereocenters. The zero-order chi connectivity index (χ0) is 17.0. The van der Waals surface area contributed by atoms with E-state index in [1.165, 1.54) is 23.5 Å². The van der Waals surface area contributed by atoms with Gasteiger partial charge in [-0.3, -0.25) is 4.79 Å². The summed E-state index contributed by atoms with van der Waals surface area (Å²) in [7, 11) is 0. The van der Waals surface area contributed by atoms with Crippen molar-refractivity contribution in [3.05, 3.63) is 35.1 Å². The van der Waals surface area contributed by atoms with Crippen LogP contribution in [0.15, 0.2) is 23.6 Å². The Labute approximate surface area is 139 Å². The molecule has 2 rings (SSSR count). The van der Waals surface area contributed by atoms with E-state index in [1.54, 1.807) is 11.4 Å². The number of nitrogens with two attached hydrogens (primary N) is 1. The summed E-state index contributed by atoms with van der Waals surface area (Å²) in [5.41, 5.74) is 6.31.